The molecule has 0 unspecified atom stereocenters. The summed E-state index contributed by atoms with van der Waals surface area (Å²) in [6, 6.07) is 0.175. The van der Waals surface area contributed by atoms with Crippen LogP contribution in [0, 0.1) is 5.92 Å². The number of aryl methyl sites for hydroxylation is 1. The number of carbonyl (C=O) groups excluding carboxylic acids is 2. The van der Waals surface area contributed by atoms with Crippen molar-refractivity contribution in [2.75, 3.05) is 6.54 Å². The number of nitrogens with one attached hydrogen (secondary N) is 1. The molecule has 4 nitrogen and oxygen atoms in total. The van der Waals surface area contributed by atoms with E-state index < -0.39 is 0 Å². The number of hydrogen-bond donors (Lipinski definition) is 1. The first-order valence-corrected chi connectivity index (χ1v) is 9.09. The number of carbonyl (C=O) groups is 2. The molecule has 0 saturated carbocycles. The number of likely N-dealkylation sites (tertiary alicyclic amines) is 1. The molecule has 1 saturated heterocycles. The number of rotatable bonds is 4. The summed E-state index contributed by atoms with van der Waals surface area (Å²) in [6.07, 6.45) is 5.23. The quantitative estimate of drug-likeness (QED) is 0.926. The fourth-order valence-electron chi connectivity index (χ4n) is 3.44. The lowest BCUT2D eigenvalue weighted by Gasteiger charge is -2.20. The third-order valence-corrected chi connectivity index (χ3v) is 5.89. The van der Waals surface area contributed by atoms with Gasteiger partial charge in [-0.25, -0.2) is 0 Å². The van der Waals surface area contributed by atoms with Crippen LogP contribution in [0.5, 0.6) is 0 Å². The maximum absolute atomic E-state index is 12.3. The van der Waals surface area contributed by atoms with E-state index in [9.17, 15) is 9.59 Å². The Hall–Kier alpha value is -1.36. The normalized spacial score (nSPS) is 21.3. The lowest BCUT2D eigenvalue weighted by molar-refractivity contribution is -0.130. The van der Waals surface area contributed by atoms with Crippen molar-refractivity contribution in [1.29, 1.82) is 0 Å². The zero-order valence-corrected chi connectivity index (χ0v) is 14.2. The number of nitrogens with zero attached hydrogens (tertiary/aromatic N) is 1. The topological polar surface area (TPSA) is 49.4 Å². The number of thiophene rings is 1. The van der Waals surface area contributed by atoms with Crippen molar-refractivity contribution in [2.24, 2.45) is 5.92 Å². The minimum Gasteiger partial charge on any atom is -0.352 e. The van der Waals surface area contributed by atoms with Crippen LogP contribution in [0.25, 0.3) is 0 Å². The van der Waals surface area contributed by atoms with Crippen LogP contribution < -0.4 is 5.32 Å². The van der Waals surface area contributed by atoms with Gasteiger partial charge in [-0.2, -0.15) is 0 Å². The molecule has 0 spiro atoms. The van der Waals surface area contributed by atoms with E-state index >= 15 is 0 Å². The summed E-state index contributed by atoms with van der Waals surface area (Å²) < 4.78 is 0. The molecule has 1 fully saturated rings. The first-order chi connectivity index (χ1) is 10.6. The largest absolute Gasteiger partial charge is 0.352 e. The van der Waals surface area contributed by atoms with Crippen LogP contribution in [0.4, 0.5) is 0 Å². The monoisotopic (exact) mass is 320 g/mol. The van der Waals surface area contributed by atoms with Gasteiger partial charge in [-0.15, -0.1) is 11.3 Å². The molecule has 2 amide bonds. The Morgan fingerprint density at radius 3 is 2.91 bits per heavy atom. The summed E-state index contributed by atoms with van der Waals surface area (Å²) >= 11 is 1.83. The Kier molecular flexibility index (Phi) is 4.52. The Balaban J connectivity index is 1.57. The van der Waals surface area contributed by atoms with Crippen LogP contribution in [-0.4, -0.2) is 29.3 Å². The van der Waals surface area contributed by atoms with E-state index in [-0.39, 0.29) is 23.8 Å². The van der Waals surface area contributed by atoms with Gasteiger partial charge in [0, 0.05) is 30.4 Å². The summed E-state index contributed by atoms with van der Waals surface area (Å²) in [5.41, 5.74) is 2.74. The predicted octanol–water partition coefficient (Wildman–Crippen LogP) is 2.50. The first kappa shape index (κ1) is 15.5. The van der Waals surface area contributed by atoms with Crippen molar-refractivity contribution in [3.8, 4) is 0 Å². The third-order valence-electron chi connectivity index (χ3n) is 4.75. The van der Waals surface area contributed by atoms with Gasteiger partial charge in [0.2, 0.25) is 11.8 Å². The SMILES string of the molecule is CC(C)N1C[C@H](C(=O)NCc2csc3c2CCCC3)CC1=O. The van der Waals surface area contributed by atoms with Gasteiger partial charge in [-0.1, -0.05) is 0 Å². The lowest BCUT2D eigenvalue weighted by atomic mass is 9.96. The number of amides is 2. The molecule has 1 aromatic rings. The lowest BCUT2D eigenvalue weighted by Crippen LogP contribution is -2.35. The van der Waals surface area contributed by atoms with Gasteiger partial charge in [0.05, 0.1) is 5.92 Å². The standard InChI is InChI=1S/C17H24N2O2S/c1-11(2)19-9-12(7-16(19)20)17(21)18-8-13-10-22-15-6-4-3-5-14(13)15/h10-12H,3-9H2,1-2H3,(H,18,21)/t12-/m1/s1. The molecule has 1 aromatic heterocycles. The van der Waals surface area contributed by atoms with E-state index in [1.54, 1.807) is 4.90 Å². The average Bonchev–Trinajstić information content (AvgIpc) is 3.08. The highest BCUT2D eigenvalue weighted by atomic mass is 32.1. The van der Waals surface area contributed by atoms with Gasteiger partial charge in [0.1, 0.15) is 0 Å². The predicted molar refractivity (Wildman–Crippen MR) is 87.8 cm³/mol. The van der Waals surface area contributed by atoms with Crippen molar-refractivity contribution in [3.05, 3.63) is 21.4 Å². The van der Waals surface area contributed by atoms with Crippen molar-refractivity contribution >= 4 is 23.2 Å². The van der Waals surface area contributed by atoms with Crippen LogP contribution in [0.2, 0.25) is 0 Å². The van der Waals surface area contributed by atoms with Gasteiger partial charge in [-0.05, 0) is 56.0 Å². The Bertz CT molecular complexity index is 579. The molecule has 1 aliphatic heterocycles. The molecule has 1 atom stereocenters. The summed E-state index contributed by atoms with van der Waals surface area (Å²) in [7, 11) is 0. The molecule has 0 aromatic carbocycles. The Labute approximate surface area is 135 Å². The van der Waals surface area contributed by atoms with Gasteiger partial charge in [0.15, 0.2) is 0 Å². The highest BCUT2D eigenvalue weighted by Gasteiger charge is 2.35. The van der Waals surface area contributed by atoms with Gasteiger partial charge in [-0.3, -0.25) is 9.59 Å². The number of hydrogen-bond acceptors (Lipinski definition) is 3. The molecular weight excluding hydrogens is 296 g/mol. The van der Waals surface area contributed by atoms with E-state index in [0.29, 0.717) is 19.5 Å². The molecule has 5 heteroatoms. The first-order valence-electron chi connectivity index (χ1n) is 8.21. The van der Waals surface area contributed by atoms with Gasteiger partial charge < -0.3 is 10.2 Å². The van der Waals surface area contributed by atoms with Crippen LogP contribution in [0.1, 0.15) is 49.1 Å². The molecule has 1 N–H and O–H groups in total. The molecule has 22 heavy (non-hydrogen) atoms. The van der Waals surface area contributed by atoms with Crippen molar-refractivity contribution < 1.29 is 9.59 Å². The van der Waals surface area contributed by atoms with Gasteiger partial charge in [0.25, 0.3) is 0 Å². The van der Waals surface area contributed by atoms with E-state index in [4.69, 9.17) is 0 Å². The third kappa shape index (κ3) is 3.05. The number of fused-ring (bicyclic) bond motifs is 1. The molecule has 2 aliphatic rings. The minimum atomic E-state index is -0.190. The van der Waals surface area contributed by atoms with Crippen molar-refractivity contribution in [2.45, 2.75) is 58.5 Å². The fourth-order valence-corrected chi connectivity index (χ4v) is 4.59. The summed E-state index contributed by atoms with van der Waals surface area (Å²) in [6.45, 7) is 5.16. The molecule has 0 bridgehead atoms. The molecular formula is C17H24N2O2S. The second-order valence-electron chi connectivity index (χ2n) is 6.63. The molecule has 120 valence electrons. The second-order valence-corrected chi connectivity index (χ2v) is 7.59. The average molecular weight is 320 g/mol. The zero-order valence-electron chi connectivity index (χ0n) is 13.4. The smallest absolute Gasteiger partial charge is 0.225 e. The maximum Gasteiger partial charge on any atom is 0.225 e. The highest BCUT2D eigenvalue weighted by molar-refractivity contribution is 7.10. The van der Waals surface area contributed by atoms with Crippen LogP contribution >= 0.6 is 11.3 Å². The molecule has 2 heterocycles. The van der Waals surface area contributed by atoms with E-state index in [0.717, 1.165) is 6.42 Å². The van der Waals surface area contributed by atoms with E-state index in [2.05, 4.69) is 10.7 Å². The van der Waals surface area contributed by atoms with Crippen LogP contribution in [-0.2, 0) is 29.0 Å². The van der Waals surface area contributed by atoms with E-state index in [1.165, 1.54) is 35.3 Å². The summed E-state index contributed by atoms with van der Waals surface area (Å²) in [5, 5.41) is 5.24. The van der Waals surface area contributed by atoms with Crippen molar-refractivity contribution in [1.82, 2.24) is 10.2 Å². The second kappa shape index (κ2) is 6.41. The minimum absolute atomic E-state index is 0.0206. The zero-order chi connectivity index (χ0) is 15.7. The van der Waals surface area contributed by atoms with Gasteiger partial charge >= 0.3 is 0 Å². The maximum atomic E-state index is 12.3. The summed E-state index contributed by atoms with van der Waals surface area (Å²) in [4.78, 5) is 27.5. The van der Waals surface area contributed by atoms with E-state index in [1.807, 2.05) is 25.2 Å². The highest BCUT2D eigenvalue weighted by Crippen LogP contribution is 2.30. The Morgan fingerprint density at radius 2 is 2.18 bits per heavy atom. The molecule has 0 radical (unpaired) electrons. The van der Waals surface area contributed by atoms with Crippen LogP contribution in [0.3, 0.4) is 0 Å². The Morgan fingerprint density at radius 1 is 1.41 bits per heavy atom. The van der Waals surface area contributed by atoms with Crippen molar-refractivity contribution in [3.63, 3.8) is 0 Å². The molecule has 1 aliphatic carbocycles. The fraction of sp³-hybridized carbons (Fsp3) is 0.647. The molecule has 3 rings (SSSR count). The summed E-state index contributed by atoms with van der Waals surface area (Å²) in [5.74, 6) is -0.0697. The van der Waals surface area contributed by atoms with Crippen LogP contribution in [0.15, 0.2) is 5.38 Å².